The van der Waals surface area contributed by atoms with Crippen molar-refractivity contribution in [2.24, 2.45) is 0 Å². The third kappa shape index (κ3) is 69.4. The van der Waals surface area contributed by atoms with E-state index in [-0.39, 0.29) is 133 Å². The number of nitrogens with one attached hydrogen (secondary N) is 4. The topological polar surface area (TPSA) is 358 Å². The Kier molecular flexibility index (Phi) is 77.3. The van der Waals surface area contributed by atoms with Gasteiger partial charge in [-0.25, -0.2) is 9.13 Å². The summed E-state index contributed by atoms with van der Waals surface area (Å²) in [5.74, 6) is -4.90. The molecule has 0 aromatic rings. The number of hydrogen-bond donors (Lipinski definition) is 8. The number of esters is 2. The number of unbranched alkanes of at least 4 members (excludes halogenated alkanes) is 30. The maximum atomic E-state index is 13.9. The molecular formula is C85H162N4Na2O22P2. The molecule has 1 heterocycles. The fourth-order valence-corrected chi connectivity index (χ4v) is 14.5. The molecule has 0 spiro atoms. The van der Waals surface area contributed by atoms with E-state index in [1.54, 1.807) is 0 Å². The van der Waals surface area contributed by atoms with E-state index < -0.39 is 126 Å². The first kappa shape index (κ1) is 115. The van der Waals surface area contributed by atoms with Crippen LogP contribution in [-0.2, 0) is 84.4 Å². The van der Waals surface area contributed by atoms with E-state index in [9.17, 15) is 57.9 Å². The number of rotatable bonds is 80. The average molecular weight is 1700 g/mol. The first-order valence-electron chi connectivity index (χ1n) is 44.4. The normalized spacial score (nSPS) is 16.7. The minimum atomic E-state index is -4.88. The summed E-state index contributed by atoms with van der Waals surface area (Å²) < 4.78 is 83.2. The van der Waals surface area contributed by atoms with Crippen molar-refractivity contribution in [3.63, 3.8) is 0 Å². The van der Waals surface area contributed by atoms with Crippen molar-refractivity contribution < 1.29 is 166 Å². The van der Waals surface area contributed by atoms with Crippen molar-refractivity contribution in [1.82, 2.24) is 21.3 Å². The number of phosphoric acid groups is 2. The van der Waals surface area contributed by atoms with Crippen LogP contribution in [0.25, 0.3) is 0 Å². The summed E-state index contributed by atoms with van der Waals surface area (Å²) in [5.41, 5.74) is 0. The Bertz CT molecular complexity index is 2580. The van der Waals surface area contributed by atoms with Crippen LogP contribution in [0.15, 0.2) is 24.3 Å². The molecule has 30 heteroatoms. The van der Waals surface area contributed by atoms with Crippen molar-refractivity contribution >= 4 is 51.2 Å². The molecule has 26 nitrogen and oxygen atoms in total. The second-order valence-corrected chi connectivity index (χ2v) is 34.0. The molecule has 0 saturated carbocycles. The van der Waals surface area contributed by atoms with Crippen molar-refractivity contribution in [2.45, 2.75) is 418 Å². The van der Waals surface area contributed by atoms with Gasteiger partial charge >= 0.3 is 86.7 Å². The standard InChI is InChI=1S/C85H160N4O22P2.2Na.2H/c1-9-15-21-27-30-33-36-42-48-54-76(109-80(95)56-50-44-38-35-32-29-23-17-11-3)66-78(93)89-72(68-103-62-58-74(91)52-46-40-25-19-13-5)70-107-113(100,101)105-64-60-87-84(97)82-81(110-85(7,8)111-82)83(96)86-59-63-104-112(98,99)106-69-71(67-102-61-57-73(90)51-45-39-24-18-12-4)88-77(92)65-75(53-47-41-26-20-14-6)108-79(94)55-49-43-37-34-31-28-22-16-10-2;;;;/h34-35,37-38,71-76,81-82,90-91H,9-33,36,39-70H2,1-8H3,(H,86,96)(H,87,97)(H,88,92)(H,89,93)(H,98,99)(H,100,101);;;;/q;2*+1;2*-1/b37-34+,38-35+;;;;/t71?,72?,73-,74-,75-,76-,81-,82+;;;;/m1..../s1. The minimum Gasteiger partial charge on any atom is -1.00 e. The molecule has 0 aromatic carbocycles. The summed E-state index contributed by atoms with van der Waals surface area (Å²) in [6.45, 7) is 12.9. The van der Waals surface area contributed by atoms with Crippen molar-refractivity contribution in [1.29, 1.82) is 0 Å². The van der Waals surface area contributed by atoms with Gasteiger partial charge in [-0.1, -0.05) is 246 Å². The van der Waals surface area contributed by atoms with E-state index in [2.05, 4.69) is 87.1 Å². The van der Waals surface area contributed by atoms with E-state index in [1.165, 1.54) is 78.1 Å². The SMILES string of the molecule is CCCCCC/C=C/CCCC(=O)O[C@H](CCCCCCCCCCC)CC(=O)NC(COCC[C@H](O)CCCCCCC)COP(=O)(O)OCCNC(=O)[C@H]1OC(C)(C)O[C@H]1C(=O)NCCOP(=O)(O)OCC(COCC[C@H](O)CCCCCCC)NC(=O)C[C@@H](CCCCCCC)OC(=O)CCC/C=C/CCCCCC.[H-].[H-].[Na+].[Na+]. The van der Waals surface area contributed by atoms with Gasteiger partial charge in [-0.3, -0.25) is 46.9 Å². The fraction of sp³-hybridized carbons (Fsp3) is 0.882. The predicted octanol–water partition coefficient (Wildman–Crippen LogP) is 11.7. The number of carbonyl (C=O) groups is 6. The van der Waals surface area contributed by atoms with Gasteiger partial charge in [0.2, 0.25) is 11.8 Å². The summed E-state index contributed by atoms with van der Waals surface area (Å²) in [4.78, 5) is 103. The molecule has 1 aliphatic heterocycles. The van der Waals surface area contributed by atoms with Gasteiger partial charge in [-0.15, -0.1) is 0 Å². The Morgan fingerprint density at radius 1 is 0.400 bits per heavy atom. The van der Waals surface area contributed by atoms with Crippen molar-refractivity contribution in [2.75, 3.05) is 65.9 Å². The molecule has 0 radical (unpaired) electrons. The summed E-state index contributed by atoms with van der Waals surface area (Å²) in [7, 11) is -9.75. The van der Waals surface area contributed by atoms with Gasteiger partial charge in [0, 0.05) is 39.1 Å². The van der Waals surface area contributed by atoms with Crippen LogP contribution in [0.5, 0.6) is 0 Å². The Morgan fingerprint density at radius 3 is 1.03 bits per heavy atom. The third-order valence-electron chi connectivity index (χ3n) is 19.6. The molecule has 4 unspecified atom stereocenters. The van der Waals surface area contributed by atoms with Crippen LogP contribution in [0.4, 0.5) is 0 Å². The quantitative estimate of drug-likeness (QED) is 0.00922. The zero-order chi connectivity index (χ0) is 83.3. The van der Waals surface area contributed by atoms with Crippen LogP contribution in [0.1, 0.15) is 366 Å². The minimum absolute atomic E-state index is 0. The van der Waals surface area contributed by atoms with Crippen LogP contribution in [0.2, 0.25) is 0 Å². The zero-order valence-electron chi connectivity index (χ0n) is 75.5. The van der Waals surface area contributed by atoms with E-state index in [1.807, 2.05) is 0 Å². The van der Waals surface area contributed by atoms with E-state index in [0.29, 0.717) is 51.4 Å². The monoisotopic (exact) mass is 1700 g/mol. The Hall–Kier alpha value is -1.72. The van der Waals surface area contributed by atoms with Crippen LogP contribution in [0.3, 0.4) is 0 Å². The number of aliphatic hydroxyl groups is 2. The number of allylic oxidation sites excluding steroid dienone is 4. The van der Waals surface area contributed by atoms with Crippen LogP contribution in [-0.4, -0.2) is 176 Å². The molecule has 8 N–H and O–H groups in total. The first-order chi connectivity index (χ1) is 54.4. The van der Waals surface area contributed by atoms with Gasteiger partial charge in [0.05, 0.1) is 76.8 Å². The fourth-order valence-electron chi connectivity index (χ4n) is 13.0. The molecule has 1 fully saturated rings. The van der Waals surface area contributed by atoms with Gasteiger partial charge in [0.25, 0.3) is 11.8 Å². The number of carbonyl (C=O) groups excluding carboxylic acids is 6. The molecule has 0 aromatic heterocycles. The van der Waals surface area contributed by atoms with E-state index >= 15 is 0 Å². The Labute approximate surface area is 741 Å². The molecule has 666 valence electrons. The van der Waals surface area contributed by atoms with Crippen LogP contribution < -0.4 is 80.4 Å². The maximum absolute atomic E-state index is 13.9. The zero-order valence-corrected chi connectivity index (χ0v) is 79.3. The Balaban J connectivity index is -0.0000160. The first-order valence-corrected chi connectivity index (χ1v) is 47.3. The van der Waals surface area contributed by atoms with Gasteiger partial charge in [0.15, 0.2) is 18.0 Å². The summed E-state index contributed by atoms with van der Waals surface area (Å²) in [6, 6.07) is -1.97. The van der Waals surface area contributed by atoms with Crippen LogP contribution >= 0.6 is 15.6 Å². The molecule has 10 atom stereocenters. The summed E-state index contributed by atoms with van der Waals surface area (Å²) in [6.07, 6.45) is 45.0. The van der Waals surface area contributed by atoms with Crippen molar-refractivity contribution in [3.05, 3.63) is 24.3 Å². The van der Waals surface area contributed by atoms with Crippen molar-refractivity contribution in [3.8, 4) is 0 Å². The van der Waals surface area contributed by atoms with Gasteiger partial charge in [-0.2, -0.15) is 0 Å². The molecule has 0 aliphatic carbocycles. The number of phosphoric ester groups is 2. The molecule has 115 heavy (non-hydrogen) atoms. The third-order valence-corrected chi connectivity index (χ3v) is 21.6. The van der Waals surface area contributed by atoms with Gasteiger partial charge < -0.3 is 72.5 Å². The summed E-state index contributed by atoms with van der Waals surface area (Å²) in [5, 5.41) is 32.0. The number of aliphatic hydroxyl groups excluding tert-OH is 2. The van der Waals surface area contributed by atoms with Gasteiger partial charge in [-0.05, 0) is 117 Å². The smallest absolute Gasteiger partial charge is 1.00 e. The molecule has 1 saturated heterocycles. The van der Waals surface area contributed by atoms with E-state index in [0.717, 1.165) is 167 Å². The largest absolute Gasteiger partial charge is 1.00 e. The molecule has 1 aliphatic rings. The second-order valence-electron chi connectivity index (χ2n) is 31.1. The van der Waals surface area contributed by atoms with Crippen LogP contribution in [0, 0.1) is 0 Å². The predicted molar refractivity (Wildman–Crippen MR) is 447 cm³/mol. The number of ether oxygens (including phenoxy) is 6. The molecular weight excluding hydrogens is 1540 g/mol. The summed E-state index contributed by atoms with van der Waals surface area (Å²) >= 11 is 0. The average Bonchev–Trinajstić information content (AvgIpc) is 1.66. The Morgan fingerprint density at radius 2 is 0.696 bits per heavy atom. The maximum Gasteiger partial charge on any atom is 1.00 e. The van der Waals surface area contributed by atoms with E-state index in [4.69, 9.17) is 46.5 Å². The molecule has 4 amide bonds. The second kappa shape index (κ2) is 77.1. The number of amides is 4. The number of hydrogen-bond acceptors (Lipinski definition) is 20. The van der Waals surface area contributed by atoms with Gasteiger partial charge in [0.1, 0.15) is 12.2 Å². The molecule has 1 rings (SSSR count). The molecule has 0 bridgehead atoms.